The van der Waals surface area contributed by atoms with Gasteiger partial charge >= 0.3 is 0 Å². The fraction of sp³-hybridized carbons (Fsp3) is 0.188. The van der Waals surface area contributed by atoms with Gasteiger partial charge in [-0.2, -0.15) is 0 Å². The lowest BCUT2D eigenvalue weighted by Gasteiger charge is -2.11. The summed E-state index contributed by atoms with van der Waals surface area (Å²) in [5.41, 5.74) is 2.83. The Morgan fingerprint density at radius 2 is 2.05 bits per heavy atom. The number of hydrogen-bond donors (Lipinski definition) is 1. The summed E-state index contributed by atoms with van der Waals surface area (Å²) in [6.45, 7) is 1.98. The van der Waals surface area contributed by atoms with Crippen LogP contribution in [-0.2, 0) is 6.42 Å². The molecule has 0 radical (unpaired) electrons. The minimum absolute atomic E-state index is 0.488. The maximum atomic E-state index is 10.4. The molecule has 0 fully saturated rings. The molecule has 1 N–H and O–H groups in total. The fourth-order valence-electron chi connectivity index (χ4n) is 2.19. The molecule has 3 rings (SSSR count). The van der Waals surface area contributed by atoms with E-state index in [0.717, 1.165) is 26.4 Å². The Balaban J connectivity index is 1.86. The molecule has 1 atom stereocenters. The summed E-state index contributed by atoms with van der Waals surface area (Å²) in [5.74, 6) is 0. The van der Waals surface area contributed by atoms with Gasteiger partial charge in [0.25, 0.3) is 0 Å². The van der Waals surface area contributed by atoms with Gasteiger partial charge in [0.15, 0.2) is 0 Å². The lowest BCUT2D eigenvalue weighted by atomic mass is 10.1. The van der Waals surface area contributed by atoms with Crippen LogP contribution in [-0.4, -0.2) is 10.1 Å². The minimum Gasteiger partial charge on any atom is -0.388 e. The summed E-state index contributed by atoms with van der Waals surface area (Å²) in [6, 6.07) is 13.7. The number of fused-ring (bicyclic) bond motifs is 1. The third kappa shape index (κ3) is 2.70. The number of aromatic nitrogens is 1. The van der Waals surface area contributed by atoms with Crippen LogP contribution in [0.5, 0.6) is 0 Å². The fourth-order valence-corrected chi connectivity index (χ4v) is 3.55. The highest BCUT2D eigenvalue weighted by molar-refractivity contribution is 7.18. The van der Waals surface area contributed by atoms with Crippen LogP contribution in [0.4, 0.5) is 0 Å². The Kier molecular flexibility index (Phi) is 3.74. The van der Waals surface area contributed by atoms with E-state index in [1.807, 2.05) is 49.4 Å². The number of benzene rings is 2. The van der Waals surface area contributed by atoms with Crippen LogP contribution in [0.25, 0.3) is 10.2 Å². The average molecular weight is 304 g/mol. The molecule has 0 bridgehead atoms. The standard InChI is InChI=1S/C16H14ClNOS/c1-10-6-7-11(12(17)8-10)14(19)9-16-18-13-4-2-3-5-15(13)20-16/h2-8,14,19H,9H2,1H3. The highest BCUT2D eigenvalue weighted by Gasteiger charge is 2.15. The molecule has 0 aliphatic carbocycles. The monoisotopic (exact) mass is 303 g/mol. The zero-order valence-corrected chi connectivity index (χ0v) is 12.6. The van der Waals surface area contributed by atoms with Crippen LogP contribution in [0.15, 0.2) is 42.5 Å². The van der Waals surface area contributed by atoms with Gasteiger partial charge in [0.05, 0.1) is 21.3 Å². The average Bonchev–Trinajstić information content (AvgIpc) is 2.80. The van der Waals surface area contributed by atoms with Gasteiger partial charge < -0.3 is 5.11 Å². The van der Waals surface area contributed by atoms with Crippen molar-refractivity contribution in [3.05, 3.63) is 63.6 Å². The van der Waals surface area contributed by atoms with E-state index in [9.17, 15) is 5.11 Å². The number of aliphatic hydroxyl groups is 1. The second kappa shape index (κ2) is 5.52. The lowest BCUT2D eigenvalue weighted by Crippen LogP contribution is -2.02. The van der Waals surface area contributed by atoms with Crippen molar-refractivity contribution in [2.45, 2.75) is 19.4 Å². The summed E-state index contributed by atoms with van der Waals surface area (Å²) >= 11 is 7.81. The molecule has 20 heavy (non-hydrogen) atoms. The molecule has 1 unspecified atom stereocenters. The first-order chi connectivity index (χ1) is 9.63. The van der Waals surface area contributed by atoms with Crippen LogP contribution in [0, 0.1) is 6.92 Å². The summed E-state index contributed by atoms with van der Waals surface area (Å²) in [7, 11) is 0. The molecule has 0 aliphatic heterocycles. The van der Waals surface area contributed by atoms with Crippen LogP contribution < -0.4 is 0 Å². The van der Waals surface area contributed by atoms with E-state index >= 15 is 0 Å². The van der Waals surface area contributed by atoms with Crippen molar-refractivity contribution < 1.29 is 5.11 Å². The van der Waals surface area contributed by atoms with Gasteiger partial charge in [-0.1, -0.05) is 35.9 Å². The lowest BCUT2D eigenvalue weighted by molar-refractivity contribution is 0.178. The Morgan fingerprint density at radius 1 is 1.25 bits per heavy atom. The molecule has 102 valence electrons. The van der Waals surface area contributed by atoms with E-state index in [-0.39, 0.29) is 0 Å². The van der Waals surface area contributed by atoms with Crippen molar-refractivity contribution in [1.82, 2.24) is 4.98 Å². The van der Waals surface area contributed by atoms with Crippen molar-refractivity contribution in [2.75, 3.05) is 0 Å². The molecule has 0 aliphatic rings. The third-order valence-corrected chi connectivity index (χ3v) is 4.61. The van der Waals surface area contributed by atoms with Gasteiger partial charge in [-0.15, -0.1) is 11.3 Å². The molecular formula is C16H14ClNOS. The molecule has 1 heterocycles. The predicted octanol–water partition coefficient (Wildman–Crippen LogP) is 4.53. The molecule has 4 heteroatoms. The summed E-state index contributed by atoms with van der Waals surface area (Å²) in [5, 5.41) is 11.9. The first-order valence-corrected chi connectivity index (χ1v) is 7.61. The van der Waals surface area contributed by atoms with Crippen molar-refractivity contribution in [3.63, 3.8) is 0 Å². The molecule has 2 aromatic carbocycles. The number of thiazole rings is 1. The Bertz CT molecular complexity index is 720. The van der Waals surface area contributed by atoms with Crippen LogP contribution in [0.3, 0.4) is 0 Å². The van der Waals surface area contributed by atoms with Crippen molar-refractivity contribution >= 4 is 33.2 Å². The summed E-state index contributed by atoms with van der Waals surface area (Å²) in [4.78, 5) is 4.54. The second-order valence-corrected chi connectivity index (χ2v) is 6.34. The van der Waals surface area contributed by atoms with Gasteiger partial charge in [0, 0.05) is 11.4 Å². The summed E-state index contributed by atoms with van der Waals surface area (Å²) < 4.78 is 1.14. The minimum atomic E-state index is -0.622. The van der Waals surface area contributed by atoms with Crippen LogP contribution in [0.1, 0.15) is 22.2 Å². The highest BCUT2D eigenvalue weighted by atomic mass is 35.5. The van der Waals surface area contributed by atoms with E-state index in [1.165, 1.54) is 0 Å². The smallest absolute Gasteiger partial charge is 0.0967 e. The topological polar surface area (TPSA) is 33.1 Å². The van der Waals surface area contributed by atoms with E-state index in [4.69, 9.17) is 11.6 Å². The third-order valence-electron chi connectivity index (χ3n) is 3.22. The number of nitrogens with zero attached hydrogens (tertiary/aromatic N) is 1. The van der Waals surface area contributed by atoms with Gasteiger partial charge in [0.2, 0.25) is 0 Å². The Morgan fingerprint density at radius 3 is 2.80 bits per heavy atom. The van der Waals surface area contributed by atoms with Crippen molar-refractivity contribution in [2.24, 2.45) is 0 Å². The van der Waals surface area contributed by atoms with E-state index < -0.39 is 6.10 Å². The molecule has 0 saturated carbocycles. The largest absolute Gasteiger partial charge is 0.388 e. The maximum Gasteiger partial charge on any atom is 0.0967 e. The Hall–Kier alpha value is -1.42. The second-order valence-electron chi connectivity index (χ2n) is 4.82. The zero-order valence-electron chi connectivity index (χ0n) is 11.0. The van der Waals surface area contributed by atoms with E-state index in [0.29, 0.717) is 11.4 Å². The molecule has 3 aromatic rings. The Labute approximate surface area is 126 Å². The molecule has 2 nitrogen and oxygen atoms in total. The first-order valence-electron chi connectivity index (χ1n) is 6.42. The highest BCUT2D eigenvalue weighted by Crippen LogP contribution is 2.29. The SMILES string of the molecule is Cc1ccc(C(O)Cc2nc3ccccc3s2)c(Cl)c1. The van der Waals surface area contributed by atoms with Crippen LogP contribution in [0.2, 0.25) is 5.02 Å². The number of para-hydroxylation sites is 1. The van der Waals surface area contributed by atoms with Gasteiger partial charge in [0.1, 0.15) is 0 Å². The maximum absolute atomic E-state index is 10.4. The van der Waals surface area contributed by atoms with E-state index in [2.05, 4.69) is 4.98 Å². The van der Waals surface area contributed by atoms with Crippen molar-refractivity contribution in [1.29, 1.82) is 0 Å². The molecular weight excluding hydrogens is 290 g/mol. The van der Waals surface area contributed by atoms with E-state index in [1.54, 1.807) is 11.3 Å². The number of aryl methyl sites for hydroxylation is 1. The van der Waals surface area contributed by atoms with Gasteiger partial charge in [-0.3, -0.25) is 0 Å². The van der Waals surface area contributed by atoms with Crippen molar-refractivity contribution in [3.8, 4) is 0 Å². The predicted molar refractivity (Wildman–Crippen MR) is 84.5 cm³/mol. The number of hydrogen-bond acceptors (Lipinski definition) is 3. The first kappa shape index (κ1) is 13.6. The quantitative estimate of drug-likeness (QED) is 0.771. The molecule has 1 aromatic heterocycles. The molecule has 0 amide bonds. The number of halogens is 1. The molecule has 0 spiro atoms. The zero-order chi connectivity index (χ0) is 14.1. The molecule has 0 saturated heterocycles. The number of rotatable bonds is 3. The van der Waals surface area contributed by atoms with Gasteiger partial charge in [-0.05, 0) is 36.2 Å². The van der Waals surface area contributed by atoms with Gasteiger partial charge in [-0.25, -0.2) is 4.98 Å². The number of aliphatic hydroxyl groups excluding tert-OH is 1. The van der Waals surface area contributed by atoms with Crippen LogP contribution >= 0.6 is 22.9 Å². The normalized spacial score (nSPS) is 12.8. The summed E-state index contributed by atoms with van der Waals surface area (Å²) in [6.07, 6.45) is -0.133.